The smallest absolute Gasteiger partial charge is 0.0705 e. The number of hydrogen-bond acceptors (Lipinski definition) is 3. The fourth-order valence-electron chi connectivity index (χ4n) is 2.21. The Labute approximate surface area is 115 Å². The third-order valence-corrected chi connectivity index (χ3v) is 3.13. The van der Waals surface area contributed by atoms with Crippen LogP contribution in [0.1, 0.15) is 19.5 Å². The van der Waals surface area contributed by atoms with Gasteiger partial charge in [-0.15, -0.1) is 0 Å². The molecule has 102 valence electrons. The van der Waals surface area contributed by atoms with Crippen molar-refractivity contribution in [3.63, 3.8) is 0 Å². The fourth-order valence-corrected chi connectivity index (χ4v) is 2.21. The maximum absolute atomic E-state index is 5.52. The predicted molar refractivity (Wildman–Crippen MR) is 79.4 cm³/mol. The molecule has 2 rings (SSSR count). The number of benzene rings is 1. The Morgan fingerprint density at radius 2 is 2.00 bits per heavy atom. The van der Waals surface area contributed by atoms with Gasteiger partial charge in [-0.25, -0.2) is 0 Å². The number of nitrogens with zero attached hydrogens (tertiary/aromatic N) is 1. The highest BCUT2D eigenvalue weighted by Crippen LogP contribution is 2.12. The molecule has 0 aliphatic heterocycles. The average Bonchev–Trinajstić information content (AvgIpc) is 2.45. The topological polar surface area (TPSA) is 34.1 Å². The number of aromatic nitrogens is 1. The number of para-hydroxylation sites is 1. The van der Waals surface area contributed by atoms with Gasteiger partial charge in [-0.2, -0.15) is 0 Å². The minimum atomic E-state index is 0.332. The number of rotatable bonds is 7. The van der Waals surface area contributed by atoms with Gasteiger partial charge in [0.15, 0.2) is 0 Å². The summed E-state index contributed by atoms with van der Waals surface area (Å²) >= 11 is 0. The van der Waals surface area contributed by atoms with Gasteiger partial charge in [0.1, 0.15) is 0 Å². The molecule has 1 heterocycles. The second kappa shape index (κ2) is 7.22. The third kappa shape index (κ3) is 4.01. The lowest BCUT2D eigenvalue weighted by Crippen LogP contribution is -2.35. The quantitative estimate of drug-likeness (QED) is 0.829. The molecule has 0 radical (unpaired) electrons. The SMILES string of the molecule is CCNC(COCC)Cc1ccc2ccccc2n1. The Hall–Kier alpha value is -1.45. The average molecular weight is 258 g/mol. The van der Waals surface area contributed by atoms with E-state index in [2.05, 4.69) is 36.5 Å². The number of pyridine rings is 1. The van der Waals surface area contributed by atoms with Crippen molar-refractivity contribution >= 4 is 10.9 Å². The lowest BCUT2D eigenvalue weighted by Gasteiger charge is -2.17. The van der Waals surface area contributed by atoms with E-state index in [0.29, 0.717) is 6.04 Å². The minimum absolute atomic E-state index is 0.332. The van der Waals surface area contributed by atoms with Crippen LogP contribution in [0.3, 0.4) is 0 Å². The van der Waals surface area contributed by atoms with Gasteiger partial charge in [0.05, 0.1) is 12.1 Å². The minimum Gasteiger partial charge on any atom is -0.380 e. The molecule has 0 saturated carbocycles. The van der Waals surface area contributed by atoms with E-state index in [4.69, 9.17) is 9.72 Å². The largest absolute Gasteiger partial charge is 0.380 e. The summed E-state index contributed by atoms with van der Waals surface area (Å²) in [5.41, 5.74) is 2.18. The number of fused-ring (bicyclic) bond motifs is 1. The van der Waals surface area contributed by atoms with Crippen molar-refractivity contribution in [2.75, 3.05) is 19.8 Å². The first-order valence-corrected chi connectivity index (χ1v) is 6.99. The fraction of sp³-hybridized carbons (Fsp3) is 0.438. The van der Waals surface area contributed by atoms with Crippen LogP contribution in [-0.2, 0) is 11.2 Å². The van der Waals surface area contributed by atoms with Crippen molar-refractivity contribution in [1.29, 1.82) is 0 Å². The molecule has 1 aromatic carbocycles. The molecule has 1 N–H and O–H groups in total. The van der Waals surface area contributed by atoms with E-state index in [9.17, 15) is 0 Å². The first-order chi connectivity index (χ1) is 9.33. The molecule has 0 aliphatic carbocycles. The molecule has 2 aromatic rings. The Bertz CT molecular complexity index is 513. The van der Waals surface area contributed by atoms with Crippen molar-refractivity contribution in [2.45, 2.75) is 26.3 Å². The highest BCUT2D eigenvalue weighted by molar-refractivity contribution is 5.78. The van der Waals surface area contributed by atoms with Crippen molar-refractivity contribution < 1.29 is 4.74 Å². The first kappa shape index (κ1) is 14.0. The van der Waals surface area contributed by atoms with Gasteiger partial charge in [-0.3, -0.25) is 4.98 Å². The predicted octanol–water partition coefficient (Wildman–Crippen LogP) is 2.79. The molecule has 1 aromatic heterocycles. The second-order valence-electron chi connectivity index (χ2n) is 4.61. The Kier molecular flexibility index (Phi) is 5.31. The van der Waals surface area contributed by atoms with Crippen LogP contribution in [0.4, 0.5) is 0 Å². The van der Waals surface area contributed by atoms with E-state index in [1.165, 1.54) is 5.39 Å². The highest BCUT2D eigenvalue weighted by atomic mass is 16.5. The van der Waals surface area contributed by atoms with E-state index >= 15 is 0 Å². The zero-order valence-electron chi connectivity index (χ0n) is 11.7. The summed E-state index contributed by atoms with van der Waals surface area (Å²) < 4.78 is 5.52. The van der Waals surface area contributed by atoms with E-state index < -0.39 is 0 Å². The number of ether oxygens (including phenoxy) is 1. The van der Waals surface area contributed by atoms with Gasteiger partial charge in [0, 0.05) is 30.1 Å². The molecule has 0 bridgehead atoms. The zero-order valence-corrected chi connectivity index (χ0v) is 11.7. The van der Waals surface area contributed by atoms with Crippen LogP contribution < -0.4 is 5.32 Å². The van der Waals surface area contributed by atoms with E-state index in [1.54, 1.807) is 0 Å². The van der Waals surface area contributed by atoms with Crippen LogP contribution in [0, 0.1) is 0 Å². The molecule has 0 amide bonds. The lowest BCUT2D eigenvalue weighted by molar-refractivity contribution is 0.123. The van der Waals surface area contributed by atoms with Crippen LogP contribution in [0.2, 0.25) is 0 Å². The lowest BCUT2D eigenvalue weighted by atomic mass is 10.1. The summed E-state index contributed by atoms with van der Waals surface area (Å²) in [6.07, 6.45) is 0.901. The van der Waals surface area contributed by atoms with Gasteiger partial charge in [-0.05, 0) is 25.6 Å². The molecule has 0 aliphatic rings. The Morgan fingerprint density at radius 3 is 2.79 bits per heavy atom. The van der Waals surface area contributed by atoms with Crippen LogP contribution >= 0.6 is 0 Å². The van der Waals surface area contributed by atoms with Crippen LogP contribution in [0.25, 0.3) is 10.9 Å². The van der Waals surface area contributed by atoms with Gasteiger partial charge in [0.2, 0.25) is 0 Å². The molecular weight excluding hydrogens is 236 g/mol. The molecule has 1 atom stereocenters. The number of likely N-dealkylation sites (N-methyl/N-ethyl adjacent to an activating group) is 1. The van der Waals surface area contributed by atoms with Gasteiger partial charge in [0.25, 0.3) is 0 Å². The van der Waals surface area contributed by atoms with Crippen molar-refractivity contribution in [1.82, 2.24) is 10.3 Å². The Morgan fingerprint density at radius 1 is 1.16 bits per heavy atom. The summed E-state index contributed by atoms with van der Waals surface area (Å²) in [6, 6.07) is 12.8. The summed E-state index contributed by atoms with van der Waals surface area (Å²) in [5.74, 6) is 0. The Balaban J connectivity index is 2.09. The first-order valence-electron chi connectivity index (χ1n) is 6.99. The van der Waals surface area contributed by atoms with Crippen molar-refractivity contribution in [3.05, 3.63) is 42.1 Å². The molecule has 0 fully saturated rings. The molecule has 3 heteroatoms. The number of nitrogens with one attached hydrogen (secondary N) is 1. The summed E-state index contributed by atoms with van der Waals surface area (Å²) in [7, 11) is 0. The van der Waals surface area contributed by atoms with Gasteiger partial charge >= 0.3 is 0 Å². The van der Waals surface area contributed by atoms with Crippen LogP contribution in [0.15, 0.2) is 36.4 Å². The van der Waals surface area contributed by atoms with Crippen LogP contribution in [-0.4, -0.2) is 30.8 Å². The normalized spacial score (nSPS) is 12.7. The van der Waals surface area contributed by atoms with E-state index in [-0.39, 0.29) is 0 Å². The summed E-state index contributed by atoms with van der Waals surface area (Å²) in [5, 5.41) is 4.64. The molecule has 0 saturated heterocycles. The molecule has 19 heavy (non-hydrogen) atoms. The van der Waals surface area contributed by atoms with Crippen molar-refractivity contribution in [2.24, 2.45) is 0 Å². The standard InChI is InChI=1S/C16H22N2O/c1-3-17-15(12-19-4-2)11-14-10-9-13-7-5-6-8-16(13)18-14/h5-10,15,17H,3-4,11-12H2,1-2H3. The van der Waals surface area contributed by atoms with Crippen molar-refractivity contribution in [3.8, 4) is 0 Å². The number of hydrogen-bond donors (Lipinski definition) is 1. The van der Waals surface area contributed by atoms with Gasteiger partial charge < -0.3 is 10.1 Å². The van der Waals surface area contributed by atoms with Gasteiger partial charge in [-0.1, -0.05) is 31.2 Å². The second-order valence-corrected chi connectivity index (χ2v) is 4.61. The maximum Gasteiger partial charge on any atom is 0.0705 e. The van der Waals surface area contributed by atoms with E-state index in [0.717, 1.165) is 37.4 Å². The maximum atomic E-state index is 5.52. The molecule has 0 spiro atoms. The molecule has 3 nitrogen and oxygen atoms in total. The summed E-state index contributed by atoms with van der Waals surface area (Å²) in [4.78, 5) is 4.71. The molecule has 1 unspecified atom stereocenters. The third-order valence-electron chi connectivity index (χ3n) is 3.13. The van der Waals surface area contributed by atoms with E-state index in [1.807, 2.05) is 19.1 Å². The highest BCUT2D eigenvalue weighted by Gasteiger charge is 2.09. The monoisotopic (exact) mass is 258 g/mol. The summed E-state index contributed by atoms with van der Waals surface area (Å²) in [6.45, 7) is 6.58. The zero-order chi connectivity index (χ0) is 13.5. The van der Waals surface area contributed by atoms with Crippen LogP contribution in [0.5, 0.6) is 0 Å². The molecular formula is C16H22N2O.